The molecule has 0 spiro atoms. The Bertz CT molecular complexity index is 78.7. The van der Waals surface area contributed by atoms with Crippen molar-refractivity contribution in [2.45, 2.75) is 58.3 Å². The number of hydrogen-bond donors (Lipinski definition) is 1. The molecule has 1 aliphatic heterocycles. The molecule has 14 heavy (non-hydrogen) atoms. The lowest BCUT2D eigenvalue weighted by molar-refractivity contribution is 0.198. The van der Waals surface area contributed by atoms with E-state index < -0.39 is 0 Å². The lowest BCUT2D eigenvalue weighted by Crippen LogP contribution is -1.97. The first-order valence-corrected chi connectivity index (χ1v) is 6.19. The summed E-state index contributed by atoms with van der Waals surface area (Å²) in [5, 5.41) is 0. The highest BCUT2D eigenvalue weighted by atomic mass is 16.5. The van der Waals surface area contributed by atoms with Crippen LogP contribution in [0.15, 0.2) is 0 Å². The molecule has 0 saturated carbocycles. The first kappa shape index (κ1) is 13.9. The summed E-state index contributed by atoms with van der Waals surface area (Å²) in [6.45, 7) is 5.11. The topological polar surface area (TPSA) is 35.2 Å². The zero-order valence-electron chi connectivity index (χ0n) is 9.76. The number of hydrogen-bond acceptors (Lipinski definition) is 2. The fourth-order valence-corrected chi connectivity index (χ4v) is 1.43. The van der Waals surface area contributed by atoms with Crippen LogP contribution in [0.1, 0.15) is 58.3 Å². The molecule has 0 aliphatic carbocycles. The van der Waals surface area contributed by atoms with Gasteiger partial charge in [-0.1, -0.05) is 39.0 Å². The molecule has 0 unspecified atom stereocenters. The van der Waals surface area contributed by atoms with E-state index in [0.717, 1.165) is 19.8 Å². The minimum Gasteiger partial charge on any atom is -0.381 e. The Balaban J connectivity index is 0.000000280. The van der Waals surface area contributed by atoms with Crippen molar-refractivity contribution in [1.29, 1.82) is 0 Å². The summed E-state index contributed by atoms with van der Waals surface area (Å²) in [7, 11) is 0. The van der Waals surface area contributed by atoms with Crippen LogP contribution in [0.3, 0.4) is 0 Å². The number of unbranched alkanes of at least 4 members (excludes halogenated alkanes) is 5. The maximum atomic E-state index is 5.34. The van der Waals surface area contributed by atoms with Crippen LogP contribution >= 0.6 is 0 Å². The highest BCUT2D eigenvalue weighted by Crippen LogP contribution is 2.03. The van der Waals surface area contributed by atoms with E-state index in [4.69, 9.17) is 10.5 Å². The van der Waals surface area contributed by atoms with Crippen molar-refractivity contribution in [3.63, 3.8) is 0 Å². The molecular formula is C12H27NO. The second-order valence-electron chi connectivity index (χ2n) is 3.88. The number of ether oxygens (including phenoxy) is 1. The molecule has 1 aliphatic rings. The summed E-state index contributed by atoms with van der Waals surface area (Å²) in [4.78, 5) is 0. The maximum absolute atomic E-state index is 5.34. The average Bonchev–Trinajstić information content (AvgIpc) is 2.76. The van der Waals surface area contributed by atoms with Crippen LogP contribution in [0, 0.1) is 0 Å². The smallest absolute Gasteiger partial charge is 0.0466 e. The summed E-state index contributed by atoms with van der Waals surface area (Å²) in [6, 6.07) is 0. The van der Waals surface area contributed by atoms with Gasteiger partial charge >= 0.3 is 0 Å². The zero-order valence-corrected chi connectivity index (χ0v) is 9.76. The van der Waals surface area contributed by atoms with E-state index in [9.17, 15) is 0 Å². The van der Waals surface area contributed by atoms with Gasteiger partial charge in [0.25, 0.3) is 0 Å². The second-order valence-corrected chi connectivity index (χ2v) is 3.88. The summed E-state index contributed by atoms with van der Waals surface area (Å²) >= 11 is 0. The Morgan fingerprint density at radius 1 is 0.929 bits per heavy atom. The molecule has 86 valence electrons. The first-order chi connectivity index (χ1) is 6.91. The minimum absolute atomic E-state index is 0.867. The third-order valence-electron chi connectivity index (χ3n) is 2.39. The lowest BCUT2D eigenvalue weighted by atomic mass is 10.1. The minimum atomic E-state index is 0.867. The number of rotatable bonds is 6. The van der Waals surface area contributed by atoms with Crippen molar-refractivity contribution in [3.8, 4) is 0 Å². The maximum Gasteiger partial charge on any atom is 0.0466 e. The van der Waals surface area contributed by atoms with Crippen LogP contribution in [0.2, 0.25) is 0 Å². The van der Waals surface area contributed by atoms with Gasteiger partial charge in [-0.25, -0.2) is 0 Å². The van der Waals surface area contributed by atoms with Gasteiger partial charge in [0.05, 0.1) is 0 Å². The SMILES string of the molecule is C1CCOC1.CCCCCCCCN. The molecule has 2 N–H and O–H groups in total. The van der Waals surface area contributed by atoms with Crippen LogP contribution in [-0.4, -0.2) is 19.8 Å². The summed E-state index contributed by atoms with van der Waals surface area (Å²) in [5.74, 6) is 0. The van der Waals surface area contributed by atoms with Gasteiger partial charge in [0, 0.05) is 13.2 Å². The molecule has 0 amide bonds. The van der Waals surface area contributed by atoms with Gasteiger partial charge in [0.2, 0.25) is 0 Å². The van der Waals surface area contributed by atoms with Gasteiger partial charge in [-0.3, -0.25) is 0 Å². The van der Waals surface area contributed by atoms with Gasteiger partial charge in [0.15, 0.2) is 0 Å². The van der Waals surface area contributed by atoms with E-state index in [2.05, 4.69) is 6.92 Å². The normalized spacial score (nSPS) is 15.0. The quantitative estimate of drug-likeness (QED) is 0.670. The molecular weight excluding hydrogens is 174 g/mol. The lowest BCUT2D eigenvalue weighted by Gasteiger charge is -1.96. The van der Waals surface area contributed by atoms with Gasteiger partial charge in [-0.05, 0) is 25.8 Å². The van der Waals surface area contributed by atoms with Gasteiger partial charge in [-0.2, -0.15) is 0 Å². The third-order valence-corrected chi connectivity index (χ3v) is 2.39. The van der Waals surface area contributed by atoms with E-state index in [-0.39, 0.29) is 0 Å². The van der Waals surface area contributed by atoms with Crippen molar-refractivity contribution in [1.82, 2.24) is 0 Å². The predicted octanol–water partition coefficient (Wildman–Crippen LogP) is 3.10. The molecule has 2 nitrogen and oxygen atoms in total. The molecule has 0 atom stereocenters. The van der Waals surface area contributed by atoms with Crippen LogP contribution in [0.5, 0.6) is 0 Å². The molecule has 0 aromatic carbocycles. The predicted molar refractivity (Wildman–Crippen MR) is 62.5 cm³/mol. The Kier molecular flexibility index (Phi) is 12.8. The molecule has 1 rings (SSSR count). The fourth-order valence-electron chi connectivity index (χ4n) is 1.43. The van der Waals surface area contributed by atoms with Gasteiger partial charge in [-0.15, -0.1) is 0 Å². The van der Waals surface area contributed by atoms with Crippen molar-refractivity contribution in [3.05, 3.63) is 0 Å². The standard InChI is InChI=1S/C8H19N.C4H8O/c1-2-3-4-5-6-7-8-9;1-2-4-5-3-1/h2-9H2,1H3;1-4H2. The fraction of sp³-hybridized carbons (Fsp3) is 1.00. The number of nitrogens with two attached hydrogens (primary N) is 1. The summed E-state index contributed by atoms with van der Waals surface area (Å²) in [6.07, 6.45) is 10.6. The summed E-state index contributed by atoms with van der Waals surface area (Å²) < 4.78 is 4.94. The van der Waals surface area contributed by atoms with Crippen molar-refractivity contribution in [2.24, 2.45) is 5.73 Å². The van der Waals surface area contributed by atoms with E-state index in [1.165, 1.54) is 51.4 Å². The molecule has 2 heteroatoms. The molecule has 1 saturated heterocycles. The average molecular weight is 201 g/mol. The highest BCUT2D eigenvalue weighted by Gasteiger charge is 1.94. The second kappa shape index (κ2) is 12.9. The van der Waals surface area contributed by atoms with Crippen LogP contribution in [0.25, 0.3) is 0 Å². The van der Waals surface area contributed by atoms with E-state index in [0.29, 0.717) is 0 Å². The van der Waals surface area contributed by atoms with Gasteiger partial charge in [0.1, 0.15) is 0 Å². The summed E-state index contributed by atoms with van der Waals surface area (Å²) in [5.41, 5.74) is 5.34. The molecule has 0 aromatic heterocycles. The molecule has 1 fully saturated rings. The van der Waals surface area contributed by atoms with Crippen LogP contribution < -0.4 is 5.73 Å². The van der Waals surface area contributed by atoms with E-state index >= 15 is 0 Å². The van der Waals surface area contributed by atoms with Crippen molar-refractivity contribution < 1.29 is 4.74 Å². The molecule has 0 bridgehead atoms. The third kappa shape index (κ3) is 11.9. The molecule has 0 radical (unpaired) electrons. The Labute approximate surface area is 89.2 Å². The monoisotopic (exact) mass is 201 g/mol. The van der Waals surface area contributed by atoms with Crippen LogP contribution in [-0.2, 0) is 4.74 Å². The van der Waals surface area contributed by atoms with Crippen molar-refractivity contribution in [2.75, 3.05) is 19.8 Å². The largest absolute Gasteiger partial charge is 0.381 e. The van der Waals surface area contributed by atoms with Crippen LogP contribution in [0.4, 0.5) is 0 Å². The first-order valence-electron chi connectivity index (χ1n) is 6.19. The van der Waals surface area contributed by atoms with Gasteiger partial charge < -0.3 is 10.5 Å². The van der Waals surface area contributed by atoms with E-state index in [1.807, 2.05) is 0 Å². The zero-order chi connectivity index (χ0) is 10.5. The molecule has 1 heterocycles. The molecule has 0 aromatic rings. The van der Waals surface area contributed by atoms with E-state index in [1.54, 1.807) is 0 Å². The highest BCUT2D eigenvalue weighted by molar-refractivity contribution is 4.44. The Morgan fingerprint density at radius 2 is 1.50 bits per heavy atom. The Hall–Kier alpha value is -0.0800. The Morgan fingerprint density at radius 3 is 1.93 bits per heavy atom. The van der Waals surface area contributed by atoms with Crippen molar-refractivity contribution >= 4 is 0 Å².